The maximum Gasteiger partial charge on any atom is 0.339 e. The molecule has 8 heteroatoms. The van der Waals surface area contributed by atoms with Crippen LogP contribution >= 0.6 is 0 Å². The van der Waals surface area contributed by atoms with Gasteiger partial charge in [-0.05, 0) is 24.3 Å². The van der Waals surface area contributed by atoms with Crippen LogP contribution in [-0.2, 0) is 14.3 Å². The van der Waals surface area contributed by atoms with E-state index >= 15 is 0 Å². The van der Waals surface area contributed by atoms with Gasteiger partial charge in [0.05, 0.1) is 24.3 Å². The molecule has 1 fully saturated rings. The summed E-state index contributed by atoms with van der Waals surface area (Å²) in [5.74, 6) is -1.98. The Balaban J connectivity index is 1.55. The number of ether oxygens (including phenoxy) is 2. The maximum absolute atomic E-state index is 13.5. The van der Waals surface area contributed by atoms with Gasteiger partial charge in [0.2, 0.25) is 5.91 Å². The predicted molar refractivity (Wildman–Crippen MR) is 103 cm³/mol. The number of hydrogen-bond donors (Lipinski definition) is 0. The molecule has 1 saturated heterocycles. The lowest BCUT2D eigenvalue weighted by atomic mass is 9.97. The Bertz CT molecular complexity index is 927. The van der Waals surface area contributed by atoms with Gasteiger partial charge in [-0.15, -0.1) is 0 Å². The first-order valence-corrected chi connectivity index (χ1v) is 9.02. The van der Waals surface area contributed by atoms with Crippen LogP contribution in [0, 0.1) is 11.7 Å². The van der Waals surface area contributed by atoms with Crippen molar-refractivity contribution in [3.05, 3.63) is 59.9 Å². The van der Waals surface area contributed by atoms with E-state index in [0.717, 1.165) is 0 Å². The number of halogens is 1. The van der Waals surface area contributed by atoms with Crippen molar-refractivity contribution in [2.75, 3.05) is 38.8 Å². The van der Waals surface area contributed by atoms with Crippen molar-refractivity contribution >= 4 is 23.5 Å². The Hall–Kier alpha value is -3.42. The molecule has 0 unspecified atom stereocenters. The average molecular weight is 400 g/mol. The summed E-state index contributed by atoms with van der Waals surface area (Å²) in [4.78, 5) is 39.7. The van der Waals surface area contributed by atoms with Gasteiger partial charge < -0.3 is 19.3 Å². The zero-order valence-corrected chi connectivity index (χ0v) is 16.1. The molecule has 1 aliphatic rings. The third-order valence-corrected chi connectivity index (χ3v) is 4.77. The fourth-order valence-electron chi connectivity index (χ4n) is 3.07. The third-order valence-electron chi connectivity index (χ3n) is 4.77. The number of para-hydroxylation sites is 2. The second-order valence-corrected chi connectivity index (χ2v) is 6.62. The number of anilines is 1. The minimum atomic E-state index is -0.539. The van der Waals surface area contributed by atoms with Gasteiger partial charge in [-0.1, -0.05) is 24.3 Å². The van der Waals surface area contributed by atoms with Gasteiger partial charge in [0.1, 0.15) is 0 Å². The highest BCUT2D eigenvalue weighted by atomic mass is 19.1. The molecule has 0 bridgehead atoms. The van der Waals surface area contributed by atoms with E-state index in [9.17, 15) is 18.8 Å². The number of methoxy groups -OCH3 is 1. The van der Waals surface area contributed by atoms with E-state index in [-0.39, 0.29) is 48.7 Å². The standard InChI is InChI=1S/C21H21FN2O5/c1-23(17-9-5-3-7-15(17)21(27)28-2)20(26)14-11-24(12-14)19(25)13-29-18-10-6-4-8-16(18)22/h3-10,14H,11-13H2,1-2H3. The number of esters is 1. The minimum Gasteiger partial charge on any atom is -0.481 e. The van der Waals surface area contributed by atoms with E-state index in [0.29, 0.717) is 5.69 Å². The maximum atomic E-state index is 13.5. The zero-order chi connectivity index (χ0) is 21.0. The van der Waals surface area contributed by atoms with E-state index in [4.69, 9.17) is 9.47 Å². The smallest absolute Gasteiger partial charge is 0.339 e. The molecule has 0 atom stereocenters. The lowest BCUT2D eigenvalue weighted by Crippen LogP contribution is -2.57. The van der Waals surface area contributed by atoms with E-state index in [1.807, 2.05) is 0 Å². The van der Waals surface area contributed by atoms with Gasteiger partial charge in [0, 0.05) is 20.1 Å². The van der Waals surface area contributed by atoms with Crippen molar-refractivity contribution in [1.82, 2.24) is 4.90 Å². The summed E-state index contributed by atoms with van der Waals surface area (Å²) in [6.07, 6.45) is 0. The third kappa shape index (κ3) is 4.37. The van der Waals surface area contributed by atoms with Gasteiger partial charge >= 0.3 is 5.97 Å². The molecule has 2 amide bonds. The summed E-state index contributed by atoms with van der Waals surface area (Å²) in [5.41, 5.74) is 0.730. The Morgan fingerprint density at radius 1 is 1.10 bits per heavy atom. The number of hydrogen-bond acceptors (Lipinski definition) is 5. The van der Waals surface area contributed by atoms with Gasteiger partial charge in [0.25, 0.3) is 5.91 Å². The van der Waals surface area contributed by atoms with Crippen molar-refractivity contribution in [2.24, 2.45) is 5.92 Å². The van der Waals surface area contributed by atoms with Gasteiger partial charge in [-0.2, -0.15) is 0 Å². The van der Waals surface area contributed by atoms with E-state index in [1.54, 1.807) is 37.4 Å². The van der Waals surface area contributed by atoms with Crippen molar-refractivity contribution in [1.29, 1.82) is 0 Å². The number of nitrogens with zero attached hydrogens (tertiary/aromatic N) is 2. The fourth-order valence-corrected chi connectivity index (χ4v) is 3.07. The number of amides is 2. The first kappa shape index (κ1) is 20.3. The van der Waals surface area contributed by atoms with Crippen molar-refractivity contribution in [3.8, 4) is 5.75 Å². The normalized spacial score (nSPS) is 13.4. The molecule has 0 saturated carbocycles. The van der Waals surface area contributed by atoms with E-state index in [2.05, 4.69) is 0 Å². The summed E-state index contributed by atoms with van der Waals surface area (Å²) >= 11 is 0. The van der Waals surface area contributed by atoms with Crippen LogP contribution in [0.5, 0.6) is 5.75 Å². The van der Waals surface area contributed by atoms with Gasteiger partial charge in [-0.3, -0.25) is 9.59 Å². The number of carbonyl (C=O) groups is 3. The summed E-state index contributed by atoms with van der Waals surface area (Å²) in [7, 11) is 2.86. The minimum absolute atomic E-state index is 0.00755. The highest BCUT2D eigenvalue weighted by molar-refractivity contribution is 6.03. The van der Waals surface area contributed by atoms with Crippen molar-refractivity contribution in [3.63, 3.8) is 0 Å². The number of rotatable bonds is 6. The molecule has 2 aromatic carbocycles. The molecule has 0 aromatic heterocycles. The molecule has 0 N–H and O–H groups in total. The molecule has 3 rings (SSSR count). The lowest BCUT2D eigenvalue weighted by molar-refractivity contribution is -0.143. The molecular weight excluding hydrogens is 379 g/mol. The summed E-state index contributed by atoms with van der Waals surface area (Å²) < 4.78 is 23.5. The van der Waals surface area contributed by atoms with Crippen LogP contribution in [0.1, 0.15) is 10.4 Å². The van der Waals surface area contributed by atoms with E-state index in [1.165, 1.54) is 35.1 Å². The Kier molecular flexibility index (Phi) is 6.11. The molecular formula is C21H21FN2O5. The molecule has 7 nitrogen and oxygen atoms in total. The molecule has 0 aliphatic carbocycles. The van der Waals surface area contributed by atoms with Crippen LogP contribution in [0.15, 0.2) is 48.5 Å². The average Bonchev–Trinajstić information content (AvgIpc) is 2.70. The Labute approximate surface area is 167 Å². The van der Waals surface area contributed by atoms with Crippen LogP contribution in [0.2, 0.25) is 0 Å². The second kappa shape index (κ2) is 8.72. The number of benzene rings is 2. The molecule has 2 aromatic rings. The van der Waals surface area contributed by atoms with Gasteiger partial charge in [-0.25, -0.2) is 9.18 Å². The van der Waals surface area contributed by atoms with Crippen LogP contribution in [0.25, 0.3) is 0 Å². The van der Waals surface area contributed by atoms with Crippen LogP contribution < -0.4 is 9.64 Å². The summed E-state index contributed by atoms with van der Waals surface area (Å²) in [6.45, 7) is 0.176. The lowest BCUT2D eigenvalue weighted by Gasteiger charge is -2.39. The summed E-state index contributed by atoms with van der Waals surface area (Å²) in [5, 5.41) is 0. The zero-order valence-electron chi connectivity index (χ0n) is 16.1. The first-order chi connectivity index (χ1) is 13.9. The van der Waals surface area contributed by atoms with Crippen LogP contribution in [0.4, 0.5) is 10.1 Å². The quantitative estimate of drug-likeness (QED) is 0.695. The number of carbonyl (C=O) groups excluding carboxylic acids is 3. The molecule has 0 radical (unpaired) electrons. The highest BCUT2D eigenvalue weighted by Gasteiger charge is 2.38. The topological polar surface area (TPSA) is 76.2 Å². The predicted octanol–water partition coefficient (Wildman–Crippen LogP) is 2.11. The largest absolute Gasteiger partial charge is 0.481 e. The van der Waals surface area contributed by atoms with E-state index < -0.39 is 11.8 Å². The number of likely N-dealkylation sites (tertiary alicyclic amines) is 1. The van der Waals surface area contributed by atoms with Crippen molar-refractivity contribution in [2.45, 2.75) is 0 Å². The first-order valence-electron chi connectivity index (χ1n) is 9.02. The monoisotopic (exact) mass is 400 g/mol. The second-order valence-electron chi connectivity index (χ2n) is 6.62. The van der Waals surface area contributed by atoms with Gasteiger partial charge in [0.15, 0.2) is 18.2 Å². The Morgan fingerprint density at radius 3 is 2.45 bits per heavy atom. The fraction of sp³-hybridized carbons (Fsp3) is 0.286. The SMILES string of the molecule is COC(=O)c1ccccc1N(C)C(=O)C1CN(C(=O)COc2ccccc2F)C1. The van der Waals surface area contributed by atoms with Crippen LogP contribution in [-0.4, -0.2) is 56.5 Å². The highest BCUT2D eigenvalue weighted by Crippen LogP contribution is 2.25. The molecule has 29 heavy (non-hydrogen) atoms. The van der Waals surface area contributed by atoms with Crippen LogP contribution in [0.3, 0.4) is 0 Å². The summed E-state index contributed by atoms with van der Waals surface area (Å²) in [6, 6.07) is 12.5. The Morgan fingerprint density at radius 2 is 1.76 bits per heavy atom. The molecule has 152 valence electrons. The molecule has 1 aliphatic heterocycles. The van der Waals surface area contributed by atoms with Crippen molar-refractivity contribution < 1.29 is 28.2 Å². The molecule has 0 spiro atoms. The molecule has 1 heterocycles.